The average molecular weight is 517 g/mol. The van der Waals surface area contributed by atoms with E-state index in [2.05, 4.69) is 36.6 Å². The molecule has 1 aliphatic heterocycles. The lowest BCUT2D eigenvalue weighted by Gasteiger charge is -2.38. The van der Waals surface area contributed by atoms with Crippen LogP contribution in [0.2, 0.25) is 0 Å². The molecule has 0 atom stereocenters. The van der Waals surface area contributed by atoms with Crippen molar-refractivity contribution in [3.63, 3.8) is 0 Å². The fourth-order valence-corrected chi connectivity index (χ4v) is 4.27. The van der Waals surface area contributed by atoms with Gasteiger partial charge in [-0.15, -0.1) is 35.3 Å². The van der Waals surface area contributed by atoms with Crippen molar-refractivity contribution < 1.29 is 9.13 Å². The van der Waals surface area contributed by atoms with Crippen LogP contribution in [0.4, 0.5) is 4.39 Å². The van der Waals surface area contributed by atoms with E-state index in [9.17, 15) is 4.39 Å². The number of aryl methyl sites for hydroxylation is 1. The summed E-state index contributed by atoms with van der Waals surface area (Å²) in [5.41, 5.74) is 1.09. The minimum atomic E-state index is -0.199. The maximum absolute atomic E-state index is 13.4. The number of ether oxygens (including phenoxy) is 1. The minimum Gasteiger partial charge on any atom is -0.381 e. The van der Waals surface area contributed by atoms with Gasteiger partial charge in [-0.25, -0.2) is 9.38 Å². The maximum Gasteiger partial charge on any atom is 0.191 e. The van der Waals surface area contributed by atoms with Gasteiger partial charge in [-0.1, -0.05) is 12.1 Å². The summed E-state index contributed by atoms with van der Waals surface area (Å²) in [6.45, 7) is 7.85. The van der Waals surface area contributed by atoms with Gasteiger partial charge in [0.05, 0.1) is 6.54 Å². The van der Waals surface area contributed by atoms with Crippen LogP contribution in [0.15, 0.2) is 41.4 Å². The maximum atomic E-state index is 13.4. The topological polar surface area (TPSA) is 45.7 Å². The van der Waals surface area contributed by atoms with Crippen LogP contribution in [0.25, 0.3) is 0 Å². The molecular formula is C21H29FIN3OS. The van der Waals surface area contributed by atoms with Gasteiger partial charge in [0.15, 0.2) is 5.96 Å². The van der Waals surface area contributed by atoms with Crippen molar-refractivity contribution >= 4 is 41.3 Å². The zero-order chi connectivity index (χ0) is 19.1. The number of hydrogen-bond donors (Lipinski definition) is 2. The molecule has 4 nitrogen and oxygen atoms in total. The van der Waals surface area contributed by atoms with E-state index < -0.39 is 0 Å². The molecule has 2 aromatic rings. The molecule has 0 unspecified atom stereocenters. The van der Waals surface area contributed by atoms with Crippen LogP contribution >= 0.6 is 35.3 Å². The van der Waals surface area contributed by atoms with Gasteiger partial charge in [0, 0.05) is 41.5 Å². The summed E-state index contributed by atoms with van der Waals surface area (Å²) in [6, 6.07) is 11.2. The highest BCUT2D eigenvalue weighted by molar-refractivity contribution is 14.0. The van der Waals surface area contributed by atoms with Crippen molar-refractivity contribution in [3.05, 3.63) is 57.5 Å². The van der Waals surface area contributed by atoms with Gasteiger partial charge in [-0.05, 0) is 56.5 Å². The Kier molecular flexibility index (Phi) is 9.17. The molecule has 1 aromatic heterocycles. The third-order valence-corrected chi connectivity index (χ3v) is 6.02. The van der Waals surface area contributed by atoms with Gasteiger partial charge in [0.1, 0.15) is 5.82 Å². The molecule has 3 rings (SSSR count). The Morgan fingerprint density at radius 3 is 2.46 bits per heavy atom. The smallest absolute Gasteiger partial charge is 0.191 e. The van der Waals surface area contributed by atoms with E-state index in [1.807, 2.05) is 12.1 Å². The van der Waals surface area contributed by atoms with E-state index >= 15 is 0 Å². The predicted octanol–water partition coefficient (Wildman–Crippen LogP) is 4.62. The summed E-state index contributed by atoms with van der Waals surface area (Å²) in [4.78, 5) is 7.29. The monoisotopic (exact) mass is 517 g/mol. The molecule has 154 valence electrons. The summed E-state index contributed by atoms with van der Waals surface area (Å²) < 4.78 is 19.0. The molecular weight excluding hydrogens is 488 g/mol. The Morgan fingerprint density at radius 2 is 1.86 bits per heavy atom. The number of benzene rings is 1. The first kappa shape index (κ1) is 23.1. The van der Waals surface area contributed by atoms with Crippen LogP contribution in [-0.2, 0) is 16.7 Å². The first-order chi connectivity index (χ1) is 13.1. The average Bonchev–Trinajstić information content (AvgIpc) is 3.10. The standard InChI is InChI=1S/C21H28FN3OS.HI/c1-3-23-20(24-14-19-9-4-16(2)27-19)25-15-21(10-12-26-13-11-21)17-5-7-18(22)8-6-17;/h4-9H,3,10-15H2,1-2H3,(H2,23,24,25);1H. The van der Waals surface area contributed by atoms with Crippen LogP contribution in [0.1, 0.15) is 35.1 Å². The second kappa shape index (κ2) is 11.1. The Balaban J connectivity index is 0.00000280. The van der Waals surface area contributed by atoms with Crippen molar-refractivity contribution in [2.45, 2.75) is 38.6 Å². The van der Waals surface area contributed by atoms with Gasteiger partial charge in [0.25, 0.3) is 0 Å². The molecule has 1 fully saturated rings. The summed E-state index contributed by atoms with van der Waals surface area (Å²) in [6.07, 6.45) is 1.82. The molecule has 0 radical (unpaired) electrons. The zero-order valence-electron chi connectivity index (χ0n) is 16.5. The second-order valence-corrected chi connectivity index (χ2v) is 8.33. The highest BCUT2D eigenvalue weighted by atomic mass is 127. The zero-order valence-corrected chi connectivity index (χ0v) is 19.6. The molecule has 1 aromatic carbocycles. The van der Waals surface area contributed by atoms with Gasteiger partial charge >= 0.3 is 0 Å². The van der Waals surface area contributed by atoms with Gasteiger partial charge in [-0.3, -0.25) is 0 Å². The van der Waals surface area contributed by atoms with Crippen molar-refractivity contribution in [1.29, 1.82) is 0 Å². The molecule has 7 heteroatoms. The third-order valence-electron chi connectivity index (χ3n) is 5.03. The number of rotatable bonds is 6. The molecule has 0 bridgehead atoms. The summed E-state index contributed by atoms with van der Waals surface area (Å²) in [7, 11) is 0. The van der Waals surface area contributed by atoms with Crippen molar-refractivity contribution in [2.24, 2.45) is 4.99 Å². The normalized spacial score (nSPS) is 16.3. The summed E-state index contributed by atoms with van der Waals surface area (Å²) >= 11 is 1.78. The fourth-order valence-electron chi connectivity index (χ4n) is 3.45. The number of halogens is 2. The van der Waals surface area contributed by atoms with E-state index in [1.165, 1.54) is 9.75 Å². The van der Waals surface area contributed by atoms with Crippen molar-refractivity contribution in [2.75, 3.05) is 26.3 Å². The predicted molar refractivity (Wildman–Crippen MR) is 125 cm³/mol. The number of nitrogens with one attached hydrogen (secondary N) is 2. The molecule has 1 aliphatic rings. The summed E-state index contributed by atoms with van der Waals surface area (Å²) in [5, 5.41) is 6.84. The molecule has 0 amide bonds. The van der Waals surface area contributed by atoms with Crippen LogP contribution in [0.5, 0.6) is 0 Å². The highest BCUT2D eigenvalue weighted by Crippen LogP contribution is 2.34. The first-order valence-electron chi connectivity index (χ1n) is 9.52. The Hall–Kier alpha value is -1.19. The number of hydrogen-bond acceptors (Lipinski definition) is 3. The van der Waals surface area contributed by atoms with Gasteiger partial charge in [-0.2, -0.15) is 0 Å². The van der Waals surface area contributed by atoms with Crippen LogP contribution in [-0.4, -0.2) is 32.3 Å². The van der Waals surface area contributed by atoms with Crippen LogP contribution < -0.4 is 10.6 Å². The minimum absolute atomic E-state index is 0. The lowest BCUT2D eigenvalue weighted by Crippen LogP contribution is -2.48. The van der Waals surface area contributed by atoms with E-state index in [1.54, 1.807) is 23.5 Å². The molecule has 1 saturated heterocycles. The van der Waals surface area contributed by atoms with E-state index in [0.717, 1.165) is 50.7 Å². The molecule has 0 aliphatic carbocycles. The van der Waals surface area contributed by atoms with E-state index in [4.69, 9.17) is 9.73 Å². The second-order valence-electron chi connectivity index (χ2n) is 6.96. The van der Waals surface area contributed by atoms with E-state index in [0.29, 0.717) is 6.54 Å². The molecule has 0 saturated carbocycles. The molecule has 28 heavy (non-hydrogen) atoms. The molecule has 2 heterocycles. The Morgan fingerprint density at radius 1 is 1.14 bits per heavy atom. The number of guanidine groups is 1. The first-order valence-corrected chi connectivity index (χ1v) is 10.3. The largest absolute Gasteiger partial charge is 0.381 e. The number of aliphatic imine (C=N–C) groups is 1. The third kappa shape index (κ3) is 6.15. The van der Waals surface area contributed by atoms with E-state index in [-0.39, 0.29) is 35.2 Å². The molecule has 0 spiro atoms. The van der Waals surface area contributed by atoms with Gasteiger partial charge in [0.2, 0.25) is 0 Å². The van der Waals surface area contributed by atoms with Crippen molar-refractivity contribution in [1.82, 2.24) is 10.6 Å². The number of thiophene rings is 1. The Labute approximate surface area is 188 Å². The van der Waals surface area contributed by atoms with Crippen molar-refractivity contribution in [3.8, 4) is 0 Å². The SMILES string of the molecule is CCNC(=NCc1ccc(C)s1)NCC1(c2ccc(F)cc2)CCOCC1.I. The molecule has 2 N–H and O–H groups in total. The quantitative estimate of drug-likeness (QED) is 0.334. The highest BCUT2D eigenvalue weighted by Gasteiger charge is 2.34. The number of nitrogens with zero attached hydrogens (tertiary/aromatic N) is 1. The van der Waals surface area contributed by atoms with Gasteiger partial charge < -0.3 is 15.4 Å². The fraction of sp³-hybridized carbons (Fsp3) is 0.476. The lowest BCUT2D eigenvalue weighted by atomic mass is 9.74. The van der Waals surface area contributed by atoms with Crippen LogP contribution in [0.3, 0.4) is 0 Å². The Bertz CT molecular complexity index is 757. The van der Waals surface area contributed by atoms with Crippen LogP contribution in [0, 0.1) is 12.7 Å². The summed E-state index contributed by atoms with van der Waals surface area (Å²) in [5.74, 6) is 0.617. The lowest BCUT2D eigenvalue weighted by molar-refractivity contribution is 0.0513.